The molecule has 7 heteroatoms. The second-order valence-electron chi connectivity index (χ2n) is 4.20. The Kier molecular flexibility index (Phi) is 4.08. The highest BCUT2D eigenvalue weighted by molar-refractivity contribution is 9.11. The number of hydrogen-bond donors (Lipinski definition) is 0. The molecule has 1 aromatic heterocycles. The van der Waals surface area contributed by atoms with E-state index in [1.807, 2.05) is 0 Å². The molecule has 0 aliphatic rings. The molecule has 0 spiro atoms. The van der Waals surface area contributed by atoms with E-state index < -0.39 is 15.7 Å². The van der Waals surface area contributed by atoms with Gasteiger partial charge in [0.2, 0.25) is 0 Å². The number of nitrogens with zero attached hydrogens (tertiary/aromatic N) is 1. The van der Waals surface area contributed by atoms with E-state index in [0.29, 0.717) is 20.6 Å². The number of rotatable bonds is 3. The molecule has 1 heterocycles. The van der Waals surface area contributed by atoms with E-state index >= 15 is 0 Å². The predicted molar refractivity (Wildman–Crippen MR) is 76.6 cm³/mol. The SMILES string of the molecule is Cc1cc(F)cc(C)c1S(=O)(=O)Cc1ncsc1Br. The lowest BCUT2D eigenvalue weighted by Crippen LogP contribution is -2.10. The van der Waals surface area contributed by atoms with Crippen molar-refractivity contribution in [1.82, 2.24) is 4.98 Å². The molecule has 0 N–H and O–H groups in total. The quantitative estimate of drug-likeness (QED) is 0.782. The van der Waals surface area contributed by atoms with Gasteiger partial charge in [-0.25, -0.2) is 17.8 Å². The summed E-state index contributed by atoms with van der Waals surface area (Å²) in [6.45, 7) is 3.19. The molecule has 0 saturated heterocycles. The zero-order chi connectivity index (χ0) is 14.2. The van der Waals surface area contributed by atoms with Crippen molar-refractivity contribution in [2.75, 3.05) is 0 Å². The third-order valence-corrected chi connectivity index (χ3v) is 6.25. The van der Waals surface area contributed by atoms with E-state index in [2.05, 4.69) is 20.9 Å². The Balaban J connectivity index is 2.49. The summed E-state index contributed by atoms with van der Waals surface area (Å²) in [6, 6.07) is 2.46. The average molecular weight is 364 g/mol. The highest BCUT2D eigenvalue weighted by Gasteiger charge is 2.23. The summed E-state index contributed by atoms with van der Waals surface area (Å²) in [5.41, 5.74) is 2.90. The summed E-state index contributed by atoms with van der Waals surface area (Å²) in [7, 11) is -3.54. The van der Waals surface area contributed by atoms with Gasteiger partial charge in [-0.05, 0) is 53.0 Å². The van der Waals surface area contributed by atoms with E-state index in [-0.39, 0.29) is 10.6 Å². The van der Waals surface area contributed by atoms with Crippen LogP contribution in [0.4, 0.5) is 4.39 Å². The van der Waals surface area contributed by atoms with Gasteiger partial charge in [0.25, 0.3) is 0 Å². The van der Waals surface area contributed by atoms with E-state index in [0.717, 1.165) is 0 Å². The van der Waals surface area contributed by atoms with Crippen molar-refractivity contribution in [1.29, 1.82) is 0 Å². The first-order valence-corrected chi connectivity index (χ1v) is 8.71. The Labute approximate surface area is 123 Å². The van der Waals surface area contributed by atoms with Gasteiger partial charge in [-0.1, -0.05) is 0 Å². The van der Waals surface area contributed by atoms with Crippen molar-refractivity contribution in [2.24, 2.45) is 0 Å². The van der Waals surface area contributed by atoms with Crippen LogP contribution >= 0.6 is 27.3 Å². The molecule has 0 aliphatic heterocycles. The normalized spacial score (nSPS) is 11.8. The minimum absolute atomic E-state index is 0.189. The number of aryl methyl sites for hydroxylation is 2. The first-order chi connectivity index (χ1) is 8.81. The van der Waals surface area contributed by atoms with Gasteiger partial charge in [0.1, 0.15) is 5.82 Å². The van der Waals surface area contributed by atoms with Crippen molar-refractivity contribution >= 4 is 37.1 Å². The summed E-state index contributed by atoms with van der Waals surface area (Å²) < 4.78 is 38.8. The van der Waals surface area contributed by atoms with Crippen LogP contribution in [-0.2, 0) is 15.6 Å². The van der Waals surface area contributed by atoms with Crippen molar-refractivity contribution in [2.45, 2.75) is 24.5 Å². The number of halogens is 2. The van der Waals surface area contributed by atoms with Crippen molar-refractivity contribution < 1.29 is 12.8 Å². The lowest BCUT2D eigenvalue weighted by molar-refractivity contribution is 0.591. The van der Waals surface area contributed by atoms with Gasteiger partial charge in [0, 0.05) is 0 Å². The van der Waals surface area contributed by atoms with Crippen LogP contribution in [0.3, 0.4) is 0 Å². The largest absolute Gasteiger partial charge is 0.247 e. The van der Waals surface area contributed by atoms with E-state index in [9.17, 15) is 12.8 Å². The summed E-state index contributed by atoms with van der Waals surface area (Å²) in [6.07, 6.45) is 0. The first kappa shape index (κ1) is 14.6. The maximum absolute atomic E-state index is 13.2. The van der Waals surface area contributed by atoms with Crippen LogP contribution in [0.15, 0.2) is 26.3 Å². The molecule has 0 unspecified atom stereocenters. The minimum atomic E-state index is -3.54. The number of thiazole rings is 1. The number of hydrogen-bond acceptors (Lipinski definition) is 4. The van der Waals surface area contributed by atoms with Crippen molar-refractivity contribution in [3.05, 3.63) is 44.1 Å². The molecule has 2 aromatic rings. The average Bonchev–Trinajstić information content (AvgIpc) is 2.61. The lowest BCUT2D eigenvalue weighted by Gasteiger charge is -2.10. The Hall–Kier alpha value is -0.790. The highest BCUT2D eigenvalue weighted by Crippen LogP contribution is 2.28. The second-order valence-corrected chi connectivity index (χ2v) is 8.30. The molecular formula is C12H11BrFNO2S2. The predicted octanol–water partition coefficient (Wildman–Crippen LogP) is 3.64. The molecule has 0 fully saturated rings. The van der Waals surface area contributed by atoms with Gasteiger partial charge in [0.05, 0.1) is 25.6 Å². The van der Waals surface area contributed by atoms with Crippen LogP contribution in [0.1, 0.15) is 16.8 Å². The summed E-state index contributed by atoms with van der Waals surface area (Å²) in [5.74, 6) is -0.617. The molecule has 0 bridgehead atoms. The van der Waals surface area contributed by atoms with Crippen molar-refractivity contribution in [3.63, 3.8) is 0 Å². The topological polar surface area (TPSA) is 47.0 Å². The molecule has 0 radical (unpaired) electrons. The molecular weight excluding hydrogens is 353 g/mol. The van der Waals surface area contributed by atoms with Crippen molar-refractivity contribution in [3.8, 4) is 0 Å². The van der Waals surface area contributed by atoms with Crippen LogP contribution in [0.2, 0.25) is 0 Å². The van der Waals surface area contributed by atoms with Gasteiger partial charge in [0.15, 0.2) is 9.84 Å². The molecule has 102 valence electrons. The van der Waals surface area contributed by atoms with Crippen LogP contribution in [-0.4, -0.2) is 13.4 Å². The molecule has 0 aliphatic carbocycles. The standard InChI is InChI=1S/C12H11BrFNO2S2/c1-7-3-9(14)4-8(2)11(7)19(16,17)5-10-12(13)18-6-15-10/h3-4,6H,5H2,1-2H3. The Morgan fingerprint density at radius 2 is 1.89 bits per heavy atom. The van der Waals surface area contributed by atoms with Gasteiger partial charge >= 0.3 is 0 Å². The smallest absolute Gasteiger partial charge is 0.184 e. The molecule has 1 aromatic carbocycles. The third-order valence-electron chi connectivity index (χ3n) is 2.65. The van der Waals surface area contributed by atoms with Crippen LogP contribution in [0, 0.1) is 19.7 Å². The Morgan fingerprint density at radius 3 is 2.37 bits per heavy atom. The highest BCUT2D eigenvalue weighted by atomic mass is 79.9. The number of sulfone groups is 1. The van der Waals surface area contributed by atoms with Gasteiger partial charge in [-0.2, -0.15) is 0 Å². The molecule has 0 atom stereocenters. The Morgan fingerprint density at radius 1 is 1.32 bits per heavy atom. The van der Waals surface area contributed by atoms with Gasteiger partial charge in [-0.3, -0.25) is 0 Å². The van der Waals surface area contributed by atoms with Crippen LogP contribution in [0.25, 0.3) is 0 Å². The van der Waals surface area contributed by atoms with Crippen LogP contribution in [0.5, 0.6) is 0 Å². The lowest BCUT2D eigenvalue weighted by atomic mass is 10.1. The van der Waals surface area contributed by atoms with E-state index in [4.69, 9.17) is 0 Å². The summed E-state index contributed by atoms with van der Waals surface area (Å²) >= 11 is 4.60. The summed E-state index contributed by atoms with van der Waals surface area (Å²) in [5, 5.41) is 0. The molecule has 3 nitrogen and oxygen atoms in total. The molecule has 0 amide bonds. The zero-order valence-electron chi connectivity index (χ0n) is 10.3. The van der Waals surface area contributed by atoms with E-state index in [1.165, 1.54) is 23.5 Å². The molecule has 19 heavy (non-hydrogen) atoms. The third kappa shape index (κ3) is 3.04. The minimum Gasteiger partial charge on any atom is -0.247 e. The van der Waals surface area contributed by atoms with Gasteiger partial charge < -0.3 is 0 Å². The maximum Gasteiger partial charge on any atom is 0.184 e. The first-order valence-electron chi connectivity index (χ1n) is 5.38. The maximum atomic E-state index is 13.2. The zero-order valence-corrected chi connectivity index (χ0v) is 13.5. The number of benzene rings is 1. The Bertz CT molecular complexity index is 702. The monoisotopic (exact) mass is 363 g/mol. The fourth-order valence-electron chi connectivity index (χ4n) is 1.99. The fourth-order valence-corrected chi connectivity index (χ4v) is 5.12. The number of aromatic nitrogens is 1. The fraction of sp³-hybridized carbons (Fsp3) is 0.250. The molecule has 0 saturated carbocycles. The van der Waals surface area contributed by atoms with Gasteiger partial charge in [-0.15, -0.1) is 11.3 Å². The summed E-state index contributed by atoms with van der Waals surface area (Å²) in [4.78, 5) is 4.21. The second kappa shape index (κ2) is 5.30. The van der Waals surface area contributed by atoms with Crippen LogP contribution < -0.4 is 0 Å². The molecule has 2 rings (SSSR count). The van der Waals surface area contributed by atoms with E-state index in [1.54, 1.807) is 19.4 Å².